The third-order valence-electron chi connectivity index (χ3n) is 3.20. The lowest BCUT2D eigenvalue weighted by Gasteiger charge is -2.34. The summed E-state index contributed by atoms with van der Waals surface area (Å²) in [5, 5.41) is 8.82. The number of aliphatic hydroxyl groups excluding tert-OH is 1. The molecule has 0 aromatic rings. The van der Waals surface area contributed by atoms with Crippen LogP contribution in [0.25, 0.3) is 0 Å². The van der Waals surface area contributed by atoms with Crippen LogP contribution in [0.5, 0.6) is 0 Å². The zero-order valence-electron chi connectivity index (χ0n) is 10.5. The molecule has 0 spiro atoms. The highest BCUT2D eigenvalue weighted by Gasteiger charge is 2.17. The van der Waals surface area contributed by atoms with Crippen LogP contribution < -0.4 is 0 Å². The summed E-state index contributed by atoms with van der Waals surface area (Å²) < 4.78 is 0. The topological polar surface area (TPSA) is 43.8 Å². The van der Waals surface area contributed by atoms with Gasteiger partial charge in [0.05, 0.1) is 6.61 Å². The molecule has 1 N–H and O–H groups in total. The molecule has 0 bridgehead atoms. The Morgan fingerprint density at radius 3 is 2.06 bits per heavy atom. The molecular formula is C12H24N2O2. The second kappa shape index (κ2) is 6.99. The fraction of sp³-hybridized carbons (Fsp3) is 0.917. The van der Waals surface area contributed by atoms with Crippen LogP contribution in [0.3, 0.4) is 0 Å². The first-order valence-electron chi connectivity index (χ1n) is 6.21. The van der Waals surface area contributed by atoms with E-state index in [2.05, 4.69) is 9.80 Å². The van der Waals surface area contributed by atoms with Gasteiger partial charge in [-0.2, -0.15) is 0 Å². The third kappa shape index (κ3) is 4.60. The quantitative estimate of drug-likeness (QED) is 0.706. The van der Waals surface area contributed by atoms with Crippen molar-refractivity contribution in [3.63, 3.8) is 0 Å². The Hall–Kier alpha value is -0.450. The predicted octanol–water partition coefficient (Wildman–Crippen LogP) is 0.212. The van der Waals surface area contributed by atoms with E-state index in [4.69, 9.17) is 5.11 Å². The zero-order valence-corrected chi connectivity index (χ0v) is 10.5. The van der Waals surface area contributed by atoms with E-state index in [1.165, 1.54) is 0 Å². The lowest BCUT2D eigenvalue weighted by Crippen LogP contribution is -2.47. The number of rotatable bonds is 6. The minimum atomic E-state index is 0.163. The van der Waals surface area contributed by atoms with Crippen molar-refractivity contribution in [3.05, 3.63) is 0 Å². The molecule has 0 atom stereocenters. The summed E-state index contributed by atoms with van der Waals surface area (Å²) in [6, 6.07) is 0. The minimum absolute atomic E-state index is 0.163. The van der Waals surface area contributed by atoms with Gasteiger partial charge in [0.1, 0.15) is 5.78 Å². The Kier molecular flexibility index (Phi) is 5.95. The second-order valence-electron chi connectivity index (χ2n) is 4.78. The normalized spacial score (nSPS) is 19.2. The summed E-state index contributed by atoms with van der Waals surface area (Å²) in [5.41, 5.74) is 0. The van der Waals surface area contributed by atoms with E-state index in [0.29, 0.717) is 12.2 Å². The van der Waals surface area contributed by atoms with Gasteiger partial charge in [-0.15, -0.1) is 0 Å². The fourth-order valence-corrected chi connectivity index (χ4v) is 1.93. The Morgan fingerprint density at radius 2 is 1.62 bits per heavy atom. The minimum Gasteiger partial charge on any atom is -0.395 e. The highest BCUT2D eigenvalue weighted by atomic mass is 16.3. The van der Waals surface area contributed by atoms with Crippen molar-refractivity contribution in [1.82, 2.24) is 9.80 Å². The van der Waals surface area contributed by atoms with E-state index in [0.717, 1.165) is 39.3 Å². The van der Waals surface area contributed by atoms with Crippen LogP contribution in [0.15, 0.2) is 0 Å². The summed E-state index contributed by atoms with van der Waals surface area (Å²) in [6.07, 6.45) is 0.678. The molecule has 1 rings (SSSR count). The first kappa shape index (κ1) is 13.6. The molecule has 16 heavy (non-hydrogen) atoms. The number of piperazine rings is 1. The Labute approximate surface area is 98.2 Å². The number of nitrogens with zero attached hydrogens (tertiary/aromatic N) is 2. The fourth-order valence-electron chi connectivity index (χ4n) is 1.93. The van der Waals surface area contributed by atoms with Crippen molar-refractivity contribution in [3.8, 4) is 0 Å². The van der Waals surface area contributed by atoms with Crippen molar-refractivity contribution < 1.29 is 9.90 Å². The first-order valence-corrected chi connectivity index (χ1v) is 6.21. The molecular weight excluding hydrogens is 204 g/mol. The SMILES string of the molecule is CC(C)C(=O)CCN1CCN(CCO)CC1. The van der Waals surface area contributed by atoms with Gasteiger partial charge in [0, 0.05) is 51.6 Å². The van der Waals surface area contributed by atoms with Gasteiger partial charge in [-0.3, -0.25) is 9.69 Å². The molecule has 1 heterocycles. The number of ketones is 1. The van der Waals surface area contributed by atoms with Gasteiger partial charge in [0.2, 0.25) is 0 Å². The van der Waals surface area contributed by atoms with Gasteiger partial charge < -0.3 is 10.0 Å². The molecule has 0 saturated carbocycles. The van der Waals surface area contributed by atoms with Gasteiger partial charge in [0.15, 0.2) is 0 Å². The average molecular weight is 228 g/mol. The average Bonchev–Trinajstić information content (AvgIpc) is 2.28. The lowest BCUT2D eigenvalue weighted by molar-refractivity contribution is -0.122. The van der Waals surface area contributed by atoms with Gasteiger partial charge in [-0.1, -0.05) is 13.8 Å². The molecule has 1 aliphatic heterocycles. The van der Waals surface area contributed by atoms with Gasteiger partial charge in [-0.25, -0.2) is 0 Å². The zero-order chi connectivity index (χ0) is 12.0. The summed E-state index contributed by atoms with van der Waals surface area (Å²) in [5.74, 6) is 0.522. The largest absolute Gasteiger partial charge is 0.395 e. The number of aliphatic hydroxyl groups is 1. The lowest BCUT2D eigenvalue weighted by atomic mass is 10.1. The van der Waals surface area contributed by atoms with Crippen LogP contribution in [-0.2, 0) is 4.79 Å². The molecule has 4 heteroatoms. The highest BCUT2D eigenvalue weighted by molar-refractivity contribution is 5.80. The van der Waals surface area contributed by atoms with Crippen molar-refractivity contribution in [1.29, 1.82) is 0 Å². The molecule has 4 nitrogen and oxygen atoms in total. The maximum Gasteiger partial charge on any atom is 0.136 e. The van der Waals surface area contributed by atoms with Gasteiger partial charge >= 0.3 is 0 Å². The number of carbonyl (C=O) groups excluding carboxylic acids is 1. The molecule has 0 amide bonds. The predicted molar refractivity (Wildman–Crippen MR) is 64.4 cm³/mol. The Bertz CT molecular complexity index is 211. The first-order chi connectivity index (χ1) is 7.63. The van der Waals surface area contributed by atoms with E-state index in [-0.39, 0.29) is 12.5 Å². The van der Waals surface area contributed by atoms with Crippen LogP contribution in [-0.4, -0.2) is 66.6 Å². The van der Waals surface area contributed by atoms with Crippen LogP contribution >= 0.6 is 0 Å². The molecule has 94 valence electrons. The number of hydrogen-bond acceptors (Lipinski definition) is 4. The summed E-state index contributed by atoms with van der Waals surface area (Å²) in [7, 11) is 0. The highest BCUT2D eigenvalue weighted by Crippen LogP contribution is 2.04. The second-order valence-corrected chi connectivity index (χ2v) is 4.78. The number of carbonyl (C=O) groups is 1. The van der Waals surface area contributed by atoms with Gasteiger partial charge in [-0.05, 0) is 0 Å². The molecule has 1 saturated heterocycles. The summed E-state index contributed by atoms with van der Waals surface area (Å²) in [6.45, 7) is 9.89. The number of Topliss-reactive ketones (excluding diaryl/α,β-unsaturated/α-hetero) is 1. The molecule has 0 aliphatic carbocycles. The van der Waals surface area contributed by atoms with Crippen LogP contribution in [0.1, 0.15) is 20.3 Å². The van der Waals surface area contributed by atoms with E-state index in [1.807, 2.05) is 13.8 Å². The van der Waals surface area contributed by atoms with Crippen LogP contribution in [0.4, 0.5) is 0 Å². The van der Waals surface area contributed by atoms with Gasteiger partial charge in [0.25, 0.3) is 0 Å². The summed E-state index contributed by atoms with van der Waals surface area (Å²) in [4.78, 5) is 16.1. The standard InChI is InChI=1S/C12H24N2O2/c1-11(2)12(16)3-4-13-5-7-14(8-6-13)9-10-15/h11,15H,3-10H2,1-2H3. The molecule has 1 fully saturated rings. The number of hydrogen-bond donors (Lipinski definition) is 1. The Morgan fingerprint density at radius 1 is 1.12 bits per heavy atom. The van der Waals surface area contributed by atoms with Crippen molar-refractivity contribution in [2.24, 2.45) is 5.92 Å². The maximum atomic E-state index is 11.5. The maximum absolute atomic E-state index is 11.5. The van der Waals surface area contributed by atoms with Crippen molar-refractivity contribution >= 4 is 5.78 Å². The Balaban J connectivity index is 2.15. The summed E-state index contributed by atoms with van der Waals surface area (Å²) >= 11 is 0. The van der Waals surface area contributed by atoms with Crippen molar-refractivity contribution in [2.45, 2.75) is 20.3 Å². The number of β-amino-alcohol motifs (C(OH)–C–C–N with tert-alkyl or cyclic N) is 1. The third-order valence-corrected chi connectivity index (χ3v) is 3.20. The molecule has 0 aromatic carbocycles. The van der Waals surface area contributed by atoms with Crippen LogP contribution in [0.2, 0.25) is 0 Å². The van der Waals surface area contributed by atoms with Crippen molar-refractivity contribution in [2.75, 3.05) is 45.9 Å². The van der Waals surface area contributed by atoms with E-state index >= 15 is 0 Å². The van der Waals surface area contributed by atoms with E-state index < -0.39 is 0 Å². The van der Waals surface area contributed by atoms with E-state index in [9.17, 15) is 4.79 Å². The van der Waals surface area contributed by atoms with E-state index in [1.54, 1.807) is 0 Å². The molecule has 0 radical (unpaired) electrons. The monoisotopic (exact) mass is 228 g/mol. The smallest absolute Gasteiger partial charge is 0.136 e. The molecule has 0 aromatic heterocycles. The van der Waals surface area contributed by atoms with Crippen LogP contribution in [0, 0.1) is 5.92 Å². The molecule has 0 unspecified atom stereocenters. The molecule has 1 aliphatic rings.